The fourth-order valence-corrected chi connectivity index (χ4v) is 2.27. The number of esters is 1. The van der Waals surface area contributed by atoms with Gasteiger partial charge in [0.25, 0.3) is 0 Å². The summed E-state index contributed by atoms with van der Waals surface area (Å²) in [5, 5.41) is 0. The van der Waals surface area contributed by atoms with E-state index in [1.807, 2.05) is 0 Å². The fourth-order valence-electron chi connectivity index (χ4n) is 2.27. The molecule has 0 aromatic carbocycles. The van der Waals surface area contributed by atoms with E-state index in [4.69, 9.17) is 4.74 Å². The molecule has 1 atom stereocenters. The van der Waals surface area contributed by atoms with Crippen molar-refractivity contribution in [3.8, 4) is 0 Å². The van der Waals surface area contributed by atoms with Gasteiger partial charge in [-0.3, -0.25) is 9.69 Å². The number of carbonyl (C=O) groups excluding carboxylic acids is 1. The van der Waals surface area contributed by atoms with E-state index in [9.17, 15) is 4.79 Å². The van der Waals surface area contributed by atoms with Crippen LogP contribution in [0.5, 0.6) is 0 Å². The molecule has 0 spiro atoms. The monoisotopic (exact) mass is 212 g/mol. The molecule has 4 heteroatoms. The van der Waals surface area contributed by atoms with E-state index in [1.54, 1.807) is 0 Å². The fraction of sp³-hybridized carbons (Fsp3) is 0.909. The number of likely N-dealkylation sites (N-methyl/N-ethyl adjacent to an activating group) is 1. The second-order valence-corrected chi connectivity index (χ2v) is 4.64. The van der Waals surface area contributed by atoms with Gasteiger partial charge in [-0.1, -0.05) is 0 Å². The summed E-state index contributed by atoms with van der Waals surface area (Å²) in [4.78, 5) is 16.3. The van der Waals surface area contributed by atoms with Crippen molar-refractivity contribution in [1.82, 2.24) is 9.80 Å². The molecule has 1 saturated carbocycles. The summed E-state index contributed by atoms with van der Waals surface area (Å²) in [7, 11) is 3.62. The Morgan fingerprint density at radius 2 is 1.87 bits per heavy atom. The third kappa shape index (κ3) is 2.49. The van der Waals surface area contributed by atoms with Crippen molar-refractivity contribution in [1.29, 1.82) is 0 Å². The average molecular weight is 212 g/mol. The van der Waals surface area contributed by atoms with Gasteiger partial charge in [0.05, 0.1) is 7.11 Å². The number of hydrogen-bond acceptors (Lipinski definition) is 4. The van der Waals surface area contributed by atoms with Gasteiger partial charge in [-0.25, -0.2) is 0 Å². The normalized spacial score (nSPS) is 26.3. The van der Waals surface area contributed by atoms with Crippen molar-refractivity contribution in [2.45, 2.75) is 18.9 Å². The van der Waals surface area contributed by atoms with Crippen molar-refractivity contribution >= 4 is 5.97 Å². The molecule has 4 nitrogen and oxygen atoms in total. The lowest BCUT2D eigenvalue weighted by Crippen LogP contribution is -2.52. The first kappa shape index (κ1) is 10.9. The van der Waals surface area contributed by atoms with E-state index < -0.39 is 0 Å². The van der Waals surface area contributed by atoms with Crippen LogP contribution in [0.25, 0.3) is 0 Å². The van der Waals surface area contributed by atoms with Crippen LogP contribution in [0.1, 0.15) is 12.8 Å². The van der Waals surface area contributed by atoms with Gasteiger partial charge in [-0.2, -0.15) is 0 Å². The van der Waals surface area contributed by atoms with Crippen LogP contribution in [0.3, 0.4) is 0 Å². The van der Waals surface area contributed by atoms with Crippen molar-refractivity contribution in [2.24, 2.45) is 5.92 Å². The highest BCUT2D eigenvalue weighted by Crippen LogP contribution is 2.36. The quantitative estimate of drug-likeness (QED) is 0.625. The number of piperazine rings is 1. The van der Waals surface area contributed by atoms with E-state index in [0.717, 1.165) is 26.2 Å². The molecule has 0 N–H and O–H groups in total. The highest BCUT2D eigenvalue weighted by atomic mass is 16.5. The van der Waals surface area contributed by atoms with Gasteiger partial charge in [0.2, 0.25) is 0 Å². The predicted octanol–water partition coefficient (Wildman–Crippen LogP) is 0.185. The van der Waals surface area contributed by atoms with Crippen molar-refractivity contribution < 1.29 is 9.53 Å². The molecule has 86 valence electrons. The van der Waals surface area contributed by atoms with Gasteiger partial charge in [0.15, 0.2) is 0 Å². The third-order valence-electron chi connectivity index (χ3n) is 3.44. The minimum atomic E-state index is -0.0398. The summed E-state index contributed by atoms with van der Waals surface area (Å²) in [5.74, 6) is 0.517. The van der Waals surface area contributed by atoms with Gasteiger partial charge in [-0.05, 0) is 25.8 Å². The van der Waals surface area contributed by atoms with Gasteiger partial charge in [0.1, 0.15) is 6.04 Å². The van der Waals surface area contributed by atoms with E-state index in [-0.39, 0.29) is 12.0 Å². The first-order valence-electron chi connectivity index (χ1n) is 5.73. The molecule has 1 saturated heterocycles. The molecule has 1 aliphatic heterocycles. The van der Waals surface area contributed by atoms with Crippen LogP contribution < -0.4 is 0 Å². The van der Waals surface area contributed by atoms with Crippen LogP contribution in [0.2, 0.25) is 0 Å². The van der Waals surface area contributed by atoms with Gasteiger partial charge in [-0.15, -0.1) is 0 Å². The number of methoxy groups -OCH3 is 1. The van der Waals surface area contributed by atoms with E-state index in [2.05, 4.69) is 16.8 Å². The van der Waals surface area contributed by atoms with Crippen LogP contribution in [0, 0.1) is 5.92 Å². The van der Waals surface area contributed by atoms with E-state index in [1.165, 1.54) is 20.0 Å². The van der Waals surface area contributed by atoms with E-state index in [0.29, 0.717) is 5.92 Å². The van der Waals surface area contributed by atoms with Crippen molar-refractivity contribution in [3.05, 3.63) is 0 Å². The first-order chi connectivity index (χ1) is 7.22. The van der Waals surface area contributed by atoms with Crippen LogP contribution in [-0.2, 0) is 9.53 Å². The Labute approximate surface area is 91.2 Å². The average Bonchev–Trinajstić information content (AvgIpc) is 3.05. The van der Waals surface area contributed by atoms with Gasteiger partial charge >= 0.3 is 5.97 Å². The van der Waals surface area contributed by atoms with E-state index >= 15 is 0 Å². The number of rotatable bonds is 3. The lowest BCUT2D eigenvalue weighted by Gasteiger charge is -2.36. The minimum Gasteiger partial charge on any atom is -0.468 e. The highest BCUT2D eigenvalue weighted by Gasteiger charge is 2.41. The lowest BCUT2D eigenvalue weighted by atomic mass is 10.1. The van der Waals surface area contributed by atoms with Crippen molar-refractivity contribution in [3.63, 3.8) is 0 Å². The molecule has 0 aromatic rings. The van der Waals surface area contributed by atoms with Crippen molar-refractivity contribution in [2.75, 3.05) is 40.3 Å². The second kappa shape index (κ2) is 4.49. The van der Waals surface area contributed by atoms with Crippen LogP contribution >= 0.6 is 0 Å². The summed E-state index contributed by atoms with van der Waals surface area (Å²) >= 11 is 0. The molecule has 2 fully saturated rings. The maximum absolute atomic E-state index is 11.7. The zero-order valence-corrected chi connectivity index (χ0v) is 9.61. The third-order valence-corrected chi connectivity index (χ3v) is 3.44. The molecule has 0 aromatic heterocycles. The maximum atomic E-state index is 11.7. The Balaban J connectivity index is 1.95. The van der Waals surface area contributed by atoms with Crippen LogP contribution in [-0.4, -0.2) is 62.1 Å². The second-order valence-electron chi connectivity index (χ2n) is 4.64. The zero-order valence-electron chi connectivity index (χ0n) is 9.61. The first-order valence-corrected chi connectivity index (χ1v) is 5.73. The summed E-state index contributed by atoms with van der Waals surface area (Å²) in [6, 6.07) is 0.0312. The Morgan fingerprint density at radius 3 is 2.33 bits per heavy atom. The highest BCUT2D eigenvalue weighted by molar-refractivity contribution is 5.76. The summed E-state index contributed by atoms with van der Waals surface area (Å²) < 4.78 is 4.90. The molecule has 2 aliphatic rings. The topological polar surface area (TPSA) is 32.8 Å². The Bertz CT molecular complexity index is 233. The molecule has 15 heavy (non-hydrogen) atoms. The zero-order chi connectivity index (χ0) is 10.8. The molecule has 1 heterocycles. The molecule has 0 bridgehead atoms. The number of hydrogen-bond donors (Lipinski definition) is 0. The molecule has 0 radical (unpaired) electrons. The molecule has 1 unspecified atom stereocenters. The van der Waals surface area contributed by atoms with Gasteiger partial charge < -0.3 is 9.64 Å². The Morgan fingerprint density at radius 1 is 1.27 bits per heavy atom. The molecular formula is C11H20N2O2. The lowest BCUT2D eigenvalue weighted by molar-refractivity contribution is -0.148. The SMILES string of the molecule is COC(=O)C(C1CC1)N1CCN(C)CC1. The Hall–Kier alpha value is -0.610. The Kier molecular flexibility index (Phi) is 3.26. The summed E-state index contributed by atoms with van der Waals surface area (Å²) in [5.41, 5.74) is 0. The van der Waals surface area contributed by atoms with Crippen LogP contribution in [0.4, 0.5) is 0 Å². The number of nitrogens with zero attached hydrogens (tertiary/aromatic N) is 2. The standard InChI is InChI=1S/C11H20N2O2/c1-12-5-7-13(8-6-12)10(9-3-4-9)11(14)15-2/h9-10H,3-8H2,1-2H3. The molecule has 2 rings (SSSR count). The van der Waals surface area contributed by atoms with Gasteiger partial charge in [0, 0.05) is 26.2 Å². The predicted molar refractivity (Wildman–Crippen MR) is 57.6 cm³/mol. The number of ether oxygens (including phenoxy) is 1. The summed E-state index contributed by atoms with van der Waals surface area (Å²) in [6.45, 7) is 4.10. The van der Waals surface area contributed by atoms with Crippen LogP contribution in [0.15, 0.2) is 0 Å². The maximum Gasteiger partial charge on any atom is 0.323 e. The number of carbonyl (C=O) groups is 1. The minimum absolute atomic E-state index is 0.0312. The summed E-state index contributed by atoms with van der Waals surface area (Å²) in [6.07, 6.45) is 2.37. The molecule has 1 aliphatic carbocycles. The molecule has 0 amide bonds. The largest absolute Gasteiger partial charge is 0.468 e. The smallest absolute Gasteiger partial charge is 0.323 e. The molecular weight excluding hydrogens is 192 g/mol.